The fraction of sp³-hybridized carbons (Fsp3) is 0.222. The minimum absolute atomic E-state index is 0.0000811. The number of alkyl halides is 3. The third kappa shape index (κ3) is 5.67. The minimum atomic E-state index is -4.53. The summed E-state index contributed by atoms with van der Waals surface area (Å²) in [5.74, 6) is -2.30. The number of nitrogens with one attached hydrogen (secondary N) is 1. The van der Waals surface area contributed by atoms with Gasteiger partial charge in [0.1, 0.15) is 6.04 Å². The molecule has 0 aromatic heterocycles. The van der Waals surface area contributed by atoms with Gasteiger partial charge in [0, 0.05) is 9.99 Å². The second kappa shape index (κ2) is 8.70. The molecule has 2 atom stereocenters. The maximum absolute atomic E-state index is 12.6. The van der Waals surface area contributed by atoms with Crippen LogP contribution in [0.2, 0.25) is 0 Å². The fourth-order valence-electron chi connectivity index (χ4n) is 2.34. The molecule has 0 unspecified atom stereocenters. The number of carboxylic acid groups (broad SMARTS) is 1. The van der Waals surface area contributed by atoms with Gasteiger partial charge in [-0.3, -0.25) is 4.79 Å². The highest BCUT2D eigenvalue weighted by Crippen LogP contribution is 2.30. The van der Waals surface area contributed by atoms with Gasteiger partial charge >= 0.3 is 12.1 Å². The predicted molar refractivity (Wildman–Crippen MR) is 98.8 cm³/mol. The van der Waals surface area contributed by atoms with Gasteiger partial charge in [-0.25, -0.2) is 4.79 Å². The molecule has 0 aliphatic carbocycles. The van der Waals surface area contributed by atoms with Crippen LogP contribution in [0.1, 0.15) is 22.8 Å². The van der Waals surface area contributed by atoms with Gasteiger partial charge in [0.15, 0.2) is 6.10 Å². The number of aliphatic hydroxyl groups is 1. The first-order chi connectivity index (χ1) is 12.6. The molecule has 0 aliphatic heterocycles. The lowest BCUT2D eigenvalue weighted by Crippen LogP contribution is -2.44. The Balaban J connectivity index is 2.10. The van der Waals surface area contributed by atoms with E-state index in [1.165, 1.54) is 0 Å². The van der Waals surface area contributed by atoms with Crippen LogP contribution in [0, 0.1) is 3.57 Å². The van der Waals surface area contributed by atoms with E-state index in [0.29, 0.717) is 5.56 Å². The molecule has 3 N–H and O–H groups in total. The van der Waals surface area contributed by atoms with Crippen molar-refractivity contribution in [1.82, 2.24) is 5.32 Å². The SMILES string of the molecule is O=C(N[C@H](Cc1ccccc1I)C(=O)O)[C@@H](O)c1ccc(C(F)(F)F)cc1. The van der Waals surface area contributed by atoms with Crippen molar-refractivity contribution in [3.63, 3.8) is 0 Å². The summed E-state index contributed by atoms with van der Waals surface area (Å²) < 4.78 is 38.5. The van der Waals surface area contributed by atoms with Crippen molar-refractivity contribution >= 4 is 34.5 Å². The van der Waals surface area contributed by atoms with E-state index in [2.05, 4.69) is 5.32 Å². The van der Waals surface area contributed by atoms with Gasteiger partial charge in [-0.15, -0.1) is 0 Å². The number of hydrogen-bond donors (Lipinski definition) is 3. The number of carbonyl (C=O) groups excluding carboxylic acids is 1. The summed E-state index contributed by atoms with van der Waals surface area (Å²) in [5.41, 5.74) is -0.283. The molecular formula is C18H15F3INO4. The Kier molecular flexibility index (Phi) is 6.82. The number of hydrogen-bond acceptors (Lipinski definition) is 3. The molecule has 2 rings (SSSR count). The number of benzene rings is 2. The molecule has 0 heterocycles. The molecule has 5 nitrogen and oxygen atoms in total. The second-order valence-electron chi connectivity index (χ2n) is 5.72. The van der Waals surface area contributed by atoms with E-state index in [4.69, 9.17) is 0 Å². The number of aliphatic carboxylic acids is 1. The molecular weight excluding hydrogens is 478 g/mol. The van der Waals surface area contributed by atoms with Crippen LogP contribution in [0.3, 0.4) is 0 Å². The third-order valence-corrected chi connectivity index (χ3v) is 4.85. The van der Waals surface area contributed by atoms with Gasteiger partial charge in [-0.1, -0.05) is 30.3 Å². The smallest absolute Gasteiger partial charge is 0.416 e. The van der Waals surface area contributed by atoms with Crippen LogP contribution in [0.4, 0.5) is 13.2 Å². The Morgan fingerprint density at radius 1 is 1.07 bits per heavy atom. The maximum Gasteiger partial charge on any atom is 0.416 e. The van der Waals surface area contributed by atoms with E-state index in [0.717, 1.165) is 27.8 Å². The Morgan fingerprint density at radius 2 is 1.67 bits per heavy atom. The molecule has 0 fully saturated rings. The summed E-state index contributed by atoms with van der Waals surface area (Å²) in [6.45, 7) is 0. The van der Waals surface area contributed by atoms with E-state index < -0.39 is 35.8 Å². The number of rotatable bonds is 6. The normalized spacial score (nSPS) is 13.7. The maximum atomic E-state index is 12.6. The summed E-state index contributed by atoms with van der Waals surface area (Å²) in [6, 6.07) is 9.16. The summed E-state index contributed by atoms with van der Waals surface area (Å²) in [7, 11) is 0. The van der Waals surface area contributed by atoms with Crippen molar-refractivity contribution < 1.29 is 33.0 Å². The average Bonchev–Trinajstić information content (AvgIpc) is 2.61. The number of aliphatic hydroxyl groups excluding tert-OH is 1. The number of amides is 1. The highest BCUT2D eigenvalue weighted by molar-refractivity contribution is 14.1. The van der Waals surface area contributed by atoms with Crippen LogP contribution in [-0.2, 0) is 22.2 Å². The Bertz CT molecular complexity index is 824. The summed E-state index contributed by atoms with van der Waals surface area (Å²) in [6.07, 6.45) is -6.32. The summed E-state index contributed by atoms with van der Waals surface area (Å²) >= 11 is 2.04. The van der Waals surface area contributed by atoms with Crippen molar-refractivity contribution in [2.75, 3.05) is 0 Å². The summed E-state index contributed by atoms with van der Waals surface area (Å²) in [4.78, 5) is 23.6. The highest BCUT2D eigenvalue weighted by Gasteiger charge is 2.31. The van der Waals surface area contributed by atoms with Crippen LogP contribution in [0.25, 0.3) is 0 Å². The van der Waals surface area contributed by atoms with Gasteiger partial charge in [0.2, 0.25) is 0 Å². The lowest BCUT2D eigenvalue weighted by molar-refractivity contribution is -0.143. The van der Waals surface area contributed by atoms with Gasteiger partial charge in [0.05, 0.1) is 5.56 Å². The molecule has 0 spiro atoms. The van der Waals surface area contributed by atoms with Crippen LogP contribution in [0.15, 0.2) is 48.5 Å². The van der Waals surface area contributed by atoms with Gasteiger partial charge in [-0.2, -0.15) is 13.2 Å². The van der Waals surface area contributed by atoms with Crippen molar-refractivity contribution in [3.8, 4) is 0 Å². The fourth-order valence-corrected chi connectivity index (χ4v) is 2.95. The van der Waals surface area contributed by atoms with Crippen molar-refractivity contribution in [2.24, 2.45) is 0 Å². The predicted octanol–water partition coefficient (Wildman–Crippen LogP) is 3.16. The number of carbonyl (C=O) groups is 2. The van der Waals surface area contributed by atoms with E-state index in [1.807, 2.05) is 22.6 Å². The molecule has 0 radical (unpaired) electrons. The quantitative estimate of drug-likeness (QED) is 0.540. The molecule has 0 saturated carbocycles. The third-order valence-electron chi connectivity index (χ3n) is 3.80. The van der Waals surface area contributed by atoms with Gasteiger partial charge < -0.3 is 15.5 Å². The lowest BCUT2D eigenvalue weighted by Gasteiger charge is -2.18. The average molecular weight is 493 g/mol. The number of carboxylic acids is 1. The largest absolute Gasteiger partial charge is 0.480 e. The molecule has 0 bridgehead atoms. The Morgan fingerprint density at radius 3 is 2.19 bits per heavy atom. The molecule has 27 heavy (non-hydrogen) atoms. The second-order valence-corrected chi connectivity index (χ2v) is 6.88. The van der Waals surface area contributed by atoms with Crippen molar-refractivity contribution in [1.29, 1.82) is 0 Å². The van der Waals surface area contributed by atoms with Crippen LogP contribution < -0.4 is 5.32 Å². The first-order valence-electron chi connectivity index (χ1n) is 7.71. The monoisotopic (exact) mass is 493 g/mol. The molecule has 2 aromatic carbocycles. The molecule has 1 amide bonds. The Hall–Kier alpha value is -2.14. The molecule has 0 aliphatic rings. The van der Waals surface area contributed by atoms with Crippen molar-refractivity contribution in [3.05, 3.63) is 68.8 Å². The van der Waals surface area contributed by atoms with Crippen molar-refractivity contribution in [2.45, 2.75) is 24.7 Å². The minimum Gasteiger partial charge on any atom is -0.480 e. The Labute approximate surface area is 166 Å². The van der Waals surface area contributed by atoms with Crippen LogP contribution in [-0.4, -0.2) is 28.1 Å². The first kappa shape index (κ1) is 21.2. The lowest BCUT2D eigenvalue weighted by atomic mass is 10.0. The molecule has 2 aromatic rings. The molecule has 0 saturated heterocycles. The zero-order chi connectivity index (χ0) is 20.2. The van der Waals surface area contributed by atoms with Crippen LogP contribution in [0.5, 0.6) is 0 Å². The number of halogens is 4. The topological polar surface area (TPSA) is 86.6 Å². The van der Waals surface area contributed by atoms with E-state index >= 15 is 0 Å². The molecule has 9 heteroatoms. The van der Waals surface area contributed by atoms with E-state index in [-0.39, 0.29) is 12.0 Å². The van der Waals surface area contributed by atoms with E-state index in [1.54, 1.807) is 24.3 Å². The zero-order valence-corrected chi connectivity index (χ0v) is 15.9. The first-order valence-corrected chi connectivity index (χ1v) is 8.79. The van der Waals surface area contributed by atoms with Crippen LogP contribution >= 0.6 is 22.6 Å². The highest BCUT2D eigenvalue weighted by atomic mass is 127. The van der Waals surface area contributed by atoms with E-state index in [9.17, 15) is 33.0 Å². The van der Waals surface area contributed by atoms with Gasteiger partial charge in [0.25, 0.3) is 5.91 Å². The summed E-state index contributed by atoms with van der Waals surface area (Å²) in [5, 5.41) is 21.6. The zero-order valence-electron chi connectivity index (χ0n) is 13.7. The van der Waals surface area contributed by atoms with Gasteiger partial charge in [-0.05, 0) is 51.9 Å². The molecule has 144 valence electrons. The standard InChI is InChI=1S/C18H15F3INO4/c19-18(20,21)12-7-5-10(6-8-12)15(24)16(25)23-14(17(26)27)9-11-3-1-2-4-13(11)22/h1-8,14-15,24H,9H2,(H,23,25)(H,26,27)/t14-,15+/m1/s1.